The van der Waals surface area contributed by atoms with Gasteiger partial charge in [0.2, 0.25) is 11.8 Å². The normalized spacial score (nSPS) is 18.2. The van der Waals surface area contributed by atoms with Gasteiger partial charge in [-0.25, -0.2) is 4.39 Å². The zero-order valence-corrected chi connectivity index (χ0v) is 17.9. The van der Waals surface area contributed by atoms with Crippen LogP contribution in [-0.4, -0.2) is 34.5 Å². The summed E-state index contributed by atoms with van der Waals surface area (Å²) in [7, 11) is 0. The zero-order chi connectivity index (χ0) is 21.1. The number of unbranched alkanes of at least 4 members (excludes halogenated alkanes) is 5. The Bertz CT molecular complexity index is 750. The lowest BCUT2D eigenvalue weighted by Crippen LogP contribution is -2.31. The number of rotatable bonds is 11. The van der Waals surface area contributed by atoms with Gasteiger partial charge < -0.3 is 10.6 Å². The van der Waals surface area contributed by atoms with Crippen LogP contribution >= 0.6 is 11.8 Å². The molecule has 1 aromatic rings. The molecule has 1 aliphatic heterocycles. The first-order chi connectivity index (χ1) is 14.0. The molecular weight excluding hydrogens is 391 g/mol. The lowest BCUT2D eigenvalue weighted by Gasteiger charge is -2.07. The molecule has 0 aliphatic carbocycles. The third-order valence-corrected chi connectivity index (χ3v) is 5.62. The highest BCUT2D eigenvalue weighted by molar-refractivity contribution is 8.15. The maximum absolute atomic E-state index is 13.0. The molecule has 0 bridgehead atoms. The highest BCUT2D eigenvalue weighted by atomic mass is 32.2. The molecule has 29 heavy (non-hydrogen) atoms. The predicted octanol–water partition coefficient (Wildman–Crippen LogP) is 4.00. The monoisotopic (exact) mass is 420 g/mol. The van der Waals surface area contributed by atoms with Crippen LogP contribution in [0.25, 0.3) is 0 Å². The first kappa shape index (κ1) is 23.1. The van der Waals surface area contributed by atoms with E-state index >= 15 is 0 Å². The van der Waals surface area contributed by atoms with Crippen LogP contribution in [0.3, 0.4) is 0 Å². The van der Waals surface area contributed by atoms with E-state index in [-0.39, 0.29) is 24.1 Å². The van der Waals surface area contributed by atoms with Crippen LogP contribution in [0, 0.1) is 5.82 Å². The topological polar surface area (TPSA) is 82.9 Å². The molecule has 1 atom stereocenters. The molecule has 158 valence electrons. The van der Waals surface area contributed by atoms with Crippen LogP contribution < -0.4 is 10.6 Å². The lowest BCUT2D eigenvalue weighted by atomic mass is 10.1. The molecule has 1 heterocycles. The van der Waals surface area contributed by atoms with Gasteiger partial charge in [-0.2, -0.15) is 5.10 Å². The molecule has 0 aromatic heterocycles. The summed E-state index contributed by atoms with van der Waals surface area (Å²) in [6.45, 7) is 4.59. The number of thioether (sulfide) groups is 1. The van der Waals surface area contributed by atoms with Crippen molar-refractivity contribution in [1.29, 1.82) is 0 Å². The summed E-state index contributed by atoms with van der Waals surface area (Å²) in [6.07, 6.45) is 7.12. The second-order valence-electron chi connectivity index (χ2n) is 7.02. The average Bonchev–Trinajstić information content (AvgIpc) is 3.05. The molecule has 1 unspecified atom stereocenters. The van der Waals surface area contributed by atoms with Gasteiger partial charge in [-0.3, -0.25) is 9.59 Å². The number of hydrogen-bond donors (Lipinski definition) is 2. The Kier molecular flexibility index (Phi) is 9.83. The number of halogens is 1. The maximum atomic E-state index is 13.0. The summed E-state index contributed by atoms with van der Waals surface area (Å²) in [5.74, 6) is -0.680. The maximum Gasteiger partial charge on any atom is 0.240 e. The Morgan fingerprint density at radius 1 is 1.17 bits per heavy atom. The Morgan fingerprint density at radius 3 is 2.59 bits per heavy atom. The highest BCUT2D eigenvalue weighted by Crippen LogP contribution is 2.22. The third kappa shape index (κ3) is 8.35. The average molecular weight is 421 g/mol. The molecule has 0 saturated carbocycles. The molecule has 2 rings (SSSR count). The Balaban J connectivity index is 1.74. The number of carbonyl (C=O) groups is 2. The van der Waals surface area contributed by atoms with Gasteiger partial charge in [0.1, 0.15) is 11.1 Å². The van der Waals surface area contributed by atoms with E-state index in [1.54, 1.807) is 19.1 Å². The fourth-order valence-corrected chi connectivity index (χ4v) is 3.75. The Labute approximate surface area is 175 Å². The molecule has 0 spiro atoms. The first-order valence-corrected chi connectivity index (χ1v) is 11.0. The van der Waals surface area contributed by atoms with Crippen LogP contribution in [0.5, 0.6) is 0 Å². The van der Waals surface area contributed by atoms with Crippen LogP contribution in [0.1, 0.15) is 64.4 Å². The van der Waals surface area contributed by atoms with E-state index in [0.717, 1.165) is 18.4 Å². The van der Waals surface area contributed by atoms with Crippen molar-refractivity contribution in [2.24, 2.45) is 10.2 Å². The van der Waals surface area contributed by atoms with Gasteiger partial charge in [-0.05, 0) is 31.0 Å². The lowest BCUT2D eigenvalue weighted by molar-refractivity contribution is -0.125. The number of nitrogens with one attached hydrogen (secondary N) is 2. The van der Waals surface area contributed by atoms with Crippen molar-refractivity contribution in [3.63, 3.8) is 0 Å². The van der Waals surface area contributed by atoms with Crippen molar-refractivity contribution in [3.05, 3.63) is 35.6 Å². The highest BCUT2D eigenvalue weighted by Gasteiger charge is 2.32. The summed E-state index contributed by atoms with van der Waals surface area (Å²) >= 11 is 1.20. The van der Waals surface area contributed by atoms with E-state index in [9.17, 15) is 14.0 Å². The molecule has 8 heteroatoms. The Morgan fingerprint density at radius 2 is 1.86 bits per heavy atom. The SMILES string of the molecule is CCCCCCCCNC(=O)CC1S/C(=N\N=C(\C)c2ccc(F)cc2)NC1=O. The van der Waals surface area contributed by atoms with Crippen LogP contribution in [0.15, 0.2) is 34.5 Å². The van der Waals surface area contributed by atoms with Crippen molar-refractivity contribution < 1.29 is 14.0 Å². The van der Waals surface area contributed by atoms with Crippen molar-refractivity contribution in [3.8, 4) is 0 Å². The van der Waals surface area contributed by atoms with Gasteiger partial charge in [0, 0.05) is 13.0 Å². The quantitative estimate of drug-likeness (QED) is 0.322. The largest absolute Gasteiger partial charge is 0.356 e. The number of hydrogen-bond acceptors (Lipinski definition) is 5. The van der Waals surface area contributed by atoms with Gasteiger partial charge in [0.05, 0.1) is 5.71 Å². The van der Waals surface area contributed by atoms with Gasteiger partial charge in [-0.15, -0.1) is 5.10 Å². The van der Waals surface area contributed by atoms with Crippen LogP contribution in [0.2, 0.25) is 0 Å². The molecule has 2 amide bonds. The minimum absolute atomic E-state index is 0.117. The Hall–Kier alpha value is -2.22. The number of amidine groups is 1. The summed E-state index contributed by atoms with van der Waals surface area (Å²) in [5, 5.41) is 13.5. The number of amides is 2. The molecule has 6 nitrogen and oxygen atoms in total. The summed E-state index contributed by atoms with van der Waals surface area (Å²) < 4.78 is 13.0. The van der Waals surface area contributed by atoms with Crippen molar-refractivity contribution in [2.45, 2.75) is 64.0 Å². The van der Waals surface area contributed by atoms with Crippen LogP contribution in [-0.2, 0) is 9.59 Å². The number of carbonyl (C=O) groups excluding carboxylic acids is 2. The van der Waals surface area contributed by atoms with E-state index in [1.807, 2.05) is 0 Å². The summed E-state index contributed by atoms with van der Waals surface area (Å²) in [4.78, 5) is 24.1. The molecule has 1 aliphatic rings. The van der Waals surface area contributed by atoms with Crippen molar-refractivity contribution in [2.75, 3.05) is 6.54 Å². The second-order valence-corrected chi connectivity index (χ2v) is 8.21. The van der Waals surface area contributed by atoms with E-state index in [4.69, 9.17) is 0 Å². The number of nitrogens with zero attached hydrogens (tertiary/aromatic N) is 2. The summed E-state index contributed by atoms with van der Waals surface area (Å²) in [6, 6.07) is 5.94. The second kappa shape index (κ2) is 12.4. The van der Waals surface area contributed by atoms with E-state index < -0.39 is 5.25 Å². The molecule has 2 N–H and O–H groups in total. The van der Waals surface area contributed by atoms with Crippen LogP contribution in [0.4, 0.5) is 4.39 Å². The van der Waals surface area contributed by atoms with Gasteiger partial charge in [-0.1, -0.05) is 62.9 Å². The smallest absolute Gasteiger partial charge is 0.240 e. The van der Waals surface area contributed by atoms with E-state index in [1.165, 1.54) is 49.6 Å². The molecule has 1 aromatic carbocycles. The minimum atomic E-state index is -0.500. The van der Waals surface area contributed by atoms with Gasteiger partial charge >= 0.3 is 0 Å². The van der Waals surface area contributed by atoms with E-state index in [0.29, 0.717) is 17.4 Å². The summed E-state index contributed by atoms with van der Waals surface area (Å²) in [5.41, 5.74) is 1.35. The number of benzene rings is 1. The minimum Gasteiger partial charge on any atom is -0.356 e. The third-order valence-electron chi connectivity index (χ3n) is 4.55. The predicted molar refractivity (Wildman–Crippen MR) is 117 cm³/mol. The standard InChI is InChI=1S/C21H29FN4O2S/c1-3-4-5-6-7-8-13-23-19(27)14-18-20(28)24-21(29-18)26-25-15(2)16-9-11-17(22)12-10-16/h9-12,18H,3-8,13-14H2,1-2H3,(H,23,27)(H,24,26,28)/b25-15-. The molecule has 1 fully saturated rings. The molecule has 0 radical (unpaired) electrons. The van der Waals surface area contributed by atoms with Crippen molar-refractivity contribution in [1.82, 2.24) is 10.6 Å². The van der Waals surface area contributed by atoms with Gasteiger partial charge in [0.25, 0.3) is 0 Å². The fourth-order valence-electron chi connectivity index (χ4n) is 2.83. The first-order valence-electron chi connectivity index (χ1n) is 10.1. The molecule has 1 saturated heterocycles. The fraction of sp³-hybridized carbons (Fsp3) is 0.524. The zero-order valence-electron chi connectivity index (χ0n) is 17.0. The van der Waals surface area contributed by atoms with Crippen molar-refractivity contribution >= 4 is 34.5 Å². The van der Waals surface area contributed by atoms with Gasteiger partial charge in [0.15, 0.2) is 5.17 Å². The van der Waals surface area contributed by atoms with E-state index in [2.05, 4.69) is 27.8 Å². The molecular formula is C21H29FN4O2S.